The van der Waals surface area contributed by atoms with E-state index in [0.29, 0.717) is 6.54 Å². The van der Waals surface area contributed by atoms with E-state index in [-0.39, 0.29) is 12.5 Å². The third-order valence-corrected chi connectivity index (χ3v) is 3.65. The Morgan fingerprint density at radius 2 is 2.05 bits per heavy atom. The van der Waals surface area contributed by atoms with Crippen LogP contribution >= 0.6 is 0 Å². The molecule has 0 atom stereocenters. The molecule has 2 rings (SSSR count). The fourth-order valence-electron chi connectivity index (χ4n) is 2.28. The van der Waals surface area contributed by atoms with Gasteiger partial charge in [-0.3, -0.25) is 9.69 Å². The number of piperazine rings is 1. The lowest BCUT2D eigenvalue weighted by Gasteiger charge is -2.41. The molecular weight excluding hydrogens is 252 g/mol. The predicted molar refractivity (Wildman–Crippen MR) is 77.9 cm³/mol. The van der Waals surface area contributed by atoms with Crippen LogP contribution < -0.4 is 5.32 Å². The SMILES string of the molecule is CC1(C)C(=O)NCCN1Cc1ccc(C#CCO)cc1. The number of carbonyl (C=O) groups excluding carboxylic acids is 1. The molecule has 0 aromatic heterocycles. The lowest BCUT2D eigenvalue weighted by Crippen LogP contribution is -2.61. The van der Waals surface area contributed by atoms with Crippen LogP contribution in [0.3, 0.4) is 0 Å². The van der Waals surface area contributed by atoms with Crippen molar-refractivity contribution in [1.82, 2.24) is 10.2 Å². The van der Waals surface area contributed by atoms with Gasteiger partial charge in [-0.25, -0.2) is 0 Å². The van der Waals surface area contributed by atoms with Gasteiger partial charge in [-0.1, -0.05) is 24.0 Å². The van der Waals surface area contributed by atoms with Gasteiger partial charge in [-0.2, -0.15) is 0 Å². The summed E-state index contributed by atoms with van der Waals surface area (Å²) in [6.07, 6.45) is 0. The molecule has 0 unspecified atom stereocenters. The second-order valence-electron chi connectivity index (χ2n) is 5.39. The molecule has 0 saturated carbocycles. The summed E-state index contributed by atoms with van der Waals surface area (Å²) in [4.78, 5) is 14.1. The van der Waals surface area contributed by atoms with Crippen molar-refractivity contribution in [3.8, 4) is 11.8 Å². The van der Waals surface area contributed by atoms with Crippen LogP contribution in [-0.2, 0) is 11.3 Å². The minimum atomic E-state index is -0.479. The summed E-state index contributed by atoms with van der Waals surface area (Å²) in [5.41, 5.74) is 1.56. The van der Waals surface area contributed by atoms with Crippen LogP contribution in [0.25, 0.3) is 0 Å². The van der Waals surface area contributed by atoms with Crippen molar-refractivity contribution >= 4 is 5.91 Å². The Balaban J connectivity index is 2.08. The number of nitrogens with one attached hydrogen (secondary N) is 1. The van der Waals surface area contributed by atoms with Crippen molar-refractivity contribution in [1.29, 1.82) is 0 Å². The van der Waals surface area contributed by atoms with E-state index in [1.54, 1.807) is 0 Å². The average Bonchev–Trinajstić information content (AvgIpc) is 2.43. The first kappa shape index (κ1) is 14.6. The molecule has 1 aliphatic rings. The molecule has 20 heavy (non-hydrogen) atoms. The molecule has 1 saturated heterocycles. The minimum Gasteiger partial charge on any atom is -0.384 e. The zero-order valence-corrected chi connectivity index (χ0v) is 11.9. The van der Waals surface area contributed by atoms with Crippen molar-refractivity contribution in [3.63, 3.8) is 0 Å². The van der Waals surface area contributed by atoms with Gasteiger partial charge in [-0.15, -0.1) is 0 Å². The van der Waals surface area contributed by atoms with E-state index >= 15 is 0 Å². The number of aliphatic hydroxyl groups is 1. The summed E-state index contributed by atoms with van der Waals surface area (Å²) >= 11 is 0. The van der Waals surface area contributed by atoms with Gasteiger partial charge in [0.1, 0.15) is 6.61 Å². The summed E-state index contributed by atoms with van der Waals surface area (Å²) in [7, 11) is 0. The molecule has 1 aliphatic heterocycles. The first-order valence-corrected chi connectivity index (χ1v) is 6.76. The highest BCUT2D eigenvalue weighted by Gasteiger charge is 2.37. The highest BCUT2D eigenvalue weighted by Crippen LogP contribution is 2.20. The Bertz CT molecular complexity index is 538. The molecule has 1 fully saturated rings. The van der Waals surface area contributed by atoms with Crippen LogP contribution in [0.15, 0.2) is 24.3 Å². The van der Waals surface area contributed by atoms with Gasteiger partial charge in [0.15, 0.2) is 0 Å². The molecule has 1 aromatic carbocycles. The summed E-state index contributed by atoms with van der Waals surface area (Å²) in [5, 5.41) is 11.6. The van der Waals surface area contributed by atoms with Gasteiger partial charge < -0.3 is 10.4 Å². The van der Waals surface area contributed by atoms with E-state index in [1.807, 2.05) is 38.1 Å². The number of benzene rings is 1. The molecule has 2 N–H and O–H groups in total. The lowest BCUT2D eigenvalue weighted by atomic mass is 9.98. The topological polar surface area (TPSA) is 52.6 Å². The number of rotatable bonds is 2. The molecule has 0 aliphatic carbocycles. The summed E-state index contributed by atoms with van der Waals surface area (Å²) in [5.74, 6) is 5.58. The molecular formula is C16H20N2O2. The van der Waals surface area contributed by atoms with Gasteiger partial charge in [0.05, 0.1) is 5.54 Å². The molecule has 4 nitrogen and oxygen atoms in total. The quantitative estimate of drug-likeness (QED) is 0.781. The van der Waals surface area contributed by atoms with E-state index in [9.17, 15) is 4.79 Å². The van der Waals surface area contributed by atoms with Gasteiger partial charge in [-0.05, 0) is 31.5 Å². The van der Waals surface area contributed by atoms with Gasteiger partial charge in [0.2, 0.25) is 5.91 Å². The van der Waals surface area contributed by atoms with Crippen LogP contribution in [0.5, 0.6) is 0 Å². The normalized spacial score (nSPS) is 18.1. The van der Waals surface area contributed by atoms with E-state index in [0.717, 1.165) is 24.2 Å². The predicted octanol–water partition coefficient (Wildman–Crippen LogP) is 0.741. The molecule has 0 radical (unpaired) electrons. The molecule has 0 spiro atoms. The number of nitrogens with zero attached hydrogens (tertiary/aromatic N) is 1. The van der Waals surface area contributed by atoms with Crippen molar-refractivity contribution in [2.24, 2.45) is 0 Å². The van der Waals surface area contributed by atoms with Crippen molar-refractivity contribution in [2.75, 3.05) is 19.7 Å². The number of hydrogen-bond acceptors (Lipinski definition) is 3. The average molecular weight is 272 g/mol. The van der Waals surface area contributed by atoms with Gasteiger partial charge in [0, 0.05) is 25.2 Å². The third kappa shape index (κ3) is 3.19. The fraction of sp³-hybridized carbons (Fsp3) is 0.438. The number of hydrogen-bond donors (Lipinski definition) is 2. The summed E-state index contributed by atoms with van der Waals surface area (Å²) in [6.45, 7) is 6.06. The first-order chi connectivity index (χ1) is 9.54. The van der Waals surface area contributed by atoms with Crippen LogP contribution in [0.2, 0.25) is 0 Å². The molecule has 106 valence electrons. The van der Waals surface area contributed by atoms with Crippen molar-refractivity contribution < 1.29 is 9.90 Å². The van der Waals surface area contributed by atoms with Crippen LogP contribution in [-0.4, -0.2) is 41.1 Å². The minimum absolute atomic E-state index is 0.0779. The first-order valence-electron chi connectivity index (χ1n) is 6.76. The molecule has 0 bridgehead atoms. The Labute approximate surface area is 119 Å². The zero-order chi connectivity index (χ0) is 14.6. The Morgan fingerprint density at radius 3 is 2.70 bits per heavy atom. The van der Waals surface area contributed by atoms with Crippen LogP contribution in [0.1, 0.15) is 25.0 Å². The number of carbonyl (C=O) groups is 1. The van der Waals surface area contributed by atoms with E-state index in [4.69, 9.17) is 5.11 Å². The summed E-state index contributed by atoms with van der Waals surface area (Å²) < 4.78 is 0. The van der Waals surface area contributed by atoms with Crippen LogP contribution in [0.4, 0.5) is 0 Å². The fourth-order valence-corrected chi connectivity index (χ4v) is 2.28. The Hall–Kier alpha value is -1.83. The maximum Gasteiger partial charge on any atom is 0.240 e. The van der Waals surface area contributed by atoms with Crippen molar-refractivity contribution in [2.45, 2.75) is 25.9 Å². The molecule has 1 heterocycles. The number of amides is 1. The van der Waals surface area contributed by atoms with Crippen molar-refractivity contribution in [3.05, 3.63) is 35.4 Å². The lowest BCUT2D eigenvalue weighted by molar-refractivity contribution is -0.135. The maximum absolute atomic E-state index is 11.9. The van der Waals surface area contributed by atoms with E-state index in [1.165, 1.54) is 0 Å². The largest absolute Gasteiger partial charge is 0.384 e. The van der Waals surface area contributed by atoms with Gasteiger partial charge >= 0.3 is 0 Å². The smallest absolute Gasteiger partial charge is 0.240 e. The Morgan fingerprint density at radius 1 is 1.35 bits per heavy atom. The Kier molecular flexibility index (Phi) is 4.43. The monoisotopic (exact) mass is 272 g/mol. The second kappa shape index (κ2) is 6.08. The van der Waals surface area contributed by atoms with Crippen LogP contribution in [0, 0.1) is 11.8 Å². The summed E-state index contributed by atoms with van der Waals surface area (Å²) in [6, 6.07) is 7.91. The standard InChI is InChI=1S/C16H20N2O2/c1-16(2)15(20)17-9-10-18(16)12-14-7-5-13(6-8-14)4-3-11-19/h5-8,19H,9-12H2,1-2H3,(H,17,20). The molecule has 4 heteroatoms. The zero-order valence-electron chi connectivity index (χ0n) is 11.9. The molecule has 1 aromatic rings. The third-order valence-electron chi connectivity index (χ3n) is 3.65. The highest BCUT2D eigenvalue weighted by molar-refractivity contribution is 5.86. The van der Waals surface area contributed by atoms with E-state index in [2.05, 4.69) is 22.1 Å². The second-order valence-corrected chi connectivity index (χ2v) is 5.39. The van der Waals surface area contributed by atoms with E-state index < -0.39 is 5.54 Å². The highest BCUT2D eigenvalue weighted by atomic mass is 16.2. The maximum atomic E-state index is 11.9. The number of aliphatic hydroxyl groups excluding tert-OH is 1. The molecule has 1 amide bonds. The van der Waals surface area contributed by atoms with Gasteiger partial charge in [0.25, 0.3) is 0 Å².